The summed E-state index contributed by atoms with van der Waals surface area (Å²) in [4.78, 5) is 31.0. The standard InChI is InChI=1S/C20H18N2O3S/c1-12-3-5-13(6-4-12)9-14-10-18(23)22(19(14)24)20-21-16-11-15(25-2)7-8-17(16)26-20/h3-8,11,14H,9-10H2,1-2H3. The summed E-state index contributed by atoms with van der Waals surface area (Å²) in [6.07, 6.45) is 0.798. The minimum atomic E-state index is -0.327. The highest BCUT2D eigenvalue weighted by Gasteiger charge is 2.40. The molecule has 0 N–H and O–H groups in total. The number of ether oxygens (including phenoxy) is 1. The van der Waals surface area contributed by atoms with Crippen LogP contribution in [0.1, 0.15) is 17.5 Å². The molecule has 1 aromatic heterocycles. The lowest BCUT2D eigenvalue weighted by Crippen LogP contribution is -2.30. The van der Waals surface area contributed by atoms with Crippen molar-refractivity contribution in [2.75, 3.05) is 12.0 Å². The number of rotatable bonds is 4. The normalized spacial score (nSPS) is 17.3. The highest BCUT2D eigenvalue weighted by Crippen LogP contribution is 2.35. The third-order valence-corrected chi connectivity index (χ3v) is 5.64. The molecular weight excluding hydrogens is 348 g/mol. The van der Waals surface area contributed by atoms with Crippen LogP contribution >= 0.6 is 11.3 Å². The molecule has 0 saturated carbocycles. The van der Waals surface area contributed by atoms with Crippen molar-refractivity contribution < 1.29 is 14.3 Å². The van der Waals surface area contributed by atoms with Crippen molar-refractivity contribution in [1.82, 2.24) is 4.98 Å². The fourth-order valence-electron chi connectivity index (χ4n) is 3.18. The third-order valence-electron chi connectivity index (χ3n) is 4.62. The Bertz CT molecular complexity index is 994. The van der Waals surface area contributed by atoms with Crippen LogP contribution in [0.5, 0.6) is 5.75 Å². The second kappa shape index (κ2) is 6.53. The molecule has 1 fully saturated rings. The molecule has 2 amide bonds. The second-order valence-electron chi connectivity index (χ2n) is 6.49. The molecule has 0 spiro atoms. The number of carbonyl (C=O) groups excluding carboxylic acids is 2. The maximum atomic E-state index is 12.8. The summed E-state index contributed by atoms with van der Waals surface area (Å²) in [5.74, 6) is 0.0251. The van der Waals surface area contributed by atoms with Crippen LogP contribution in [0, 0.1) is 12.8 Å². The zero-order valence-corrected chi connectivity index (χ0v) is 15.4. The molecule has 3 aromatic rings. The fraction of sp³-hybridized carbons (Fsp3) is 0.250. The predicted octanol–water partition coefficient (Wildman–Crippen LogP) is 3.74. The number of nitrogens with zero attached hydrogens (tertiary/aromatic N) is 2. The molecule has 4 rings (SSSR count). The van der Waals surface area contributed by atoms with Crippen molar-refractivity contribution in [2.45, 2.75) is 19.8 Å². The van der Waals surface area contributed by atoms with Crippen LogP contribution in [0.15, 0.2) is 42.5 Å². The lowest BCUT2D eigenvalue weighted by Gasteiger charge is -2.11. The van der Waals surface area contributed by atoms with Gasteiger partial charge in [-0.25, -0.2) is 9.88 Å². The van der Waals surface area contributed by atoms with Crippen molar-refractivity contribution in [2.24, 2.45) is 5.92 Å². The Kier molecular flexibility index (Phi) is 4.20. The van der Waals surface area contributed by atoms with Gasteiger partial charge in [0.1, 0.15) is 5.75 Å². The van der Waals surface area contributed by atoms with Gasteiger partial charge >= 0.3 is 0 Å². The number of fused-ring (bicyclic) bond motifs is 1. The molecule has 1 unspecified atom stereocenters. The summed E-state index contributed by atoms with van der Waals surface area (Å²) in [6, 6.07) is 13.6. The number of hydrogen-bond donors (Lipinski definition) is 0. The predicted molar refractivity (Wildman–Crippen MR) is 102 cm³/mol. The van der Waals surface area contributed by atoms with E-state index in [0.717, 1.165) is 15.8 Å². The molecule has 1 saturated heterocycles. The van der Waals surface area contributed by atoms with E-state index in [1.54, 1.807) is 7.11 Å². The Morgan fingerprint density at radius 2 is 1.96 bits per heavy atom. The van der Waals surface area contributed by atoms with Crippen LogP contribution < -0.4 is 9.64 Å². The van der Waals surface area contributed by atoms with Crippen LogP contribution in [0.25, 0.3) is 10.2 Å². The Morgan fingerprint density at radius 1 is 1.19 bits per heavy atom. The minimum Gasteiger partial charge on any atom is -0.497 e. The molecule has 6 heteroatoms. The highest BCUT2D eigenvalue weighted by molar-refractivity contribution is 7.22. The first kappa shape index (κ1) is 16.7. The zero-order chi connectivity index (χ0) is 18.3. The van der Waals surface area contributed by atoms with Gasteiger partial charge in [-0.05, 0) is 31.0 Å². The minimum absolute atomic E-state index is 0.165. The maximum Gasteiger partial charge on any atom is 0.239 e. The Morgan fingerprint density at radius 3 is 2.69 bits per heavy atom. The van der Waals surface area contributed by atoms with E-state index in [1.807, 2.05) is 49.4 Å². The van der Waals surface area contributed by atoms with Gasteiger partial charge in [0.2, 0.25) is 11.8 Å². The van der Waals surface area contributed by atoms with Crippen LogP contribution in [0.2, 0.25) is 0 Å². The van der Waals surface area contributed by atoms with E-state index in [9.17, 15) is 9.59 Å². The van der Waals surface area contributed by atoms with E-state index in [-0.39, 0.29) is 24.2 Å². The van der Waals surface area contributed by atoms with Crippen LogP contribution in [0.3, 0.4) is 0 Å². The first-order chi connectivity index (χ1) is 12.5. The van der Waals surface area contributed by atoms with Crippen molar-refractivity contribution in [1.29, 1.82) is 0 Å². The quantitative estimate of drug-likeness (QED) is 0.660. The number of imide groups is 1. The van der Waals surface area contributed by atoms with Crippen LogP contribution in [-0.2, 0) is 16.0 Å². The van der Waals surface area contributed by atoms with Crippen molar-refractivity contribution in [3.63, 3.8) is 0 Å². The van der Waals surface area contributed by atoms with E-state index in [1.165, 1.54) is 21.8 Å². The number of carbonyl (C=O) groups is 2. The molecule has 1 aliphatic rings. The van der Waals surface area contributed by atoms with Crippen molar-refractivity contribution in [3.8, 4) is 5.75 Å². The summed E-state index contributed by atoms with van der Waals surface area (Å²) < 4.78 is 6.13. The number of methoxy groups -OCH3 is 1. The van der Waals surface area contributed by atoms with E-state index in [4.69, 9.17) is 4.74 Å². The van der Waals surface area contributed by atoms with E-state index in [0.29, 0.717) is 17.3 Å². The van der Waals surface area contributed by atoms with E-state index < -0.39 is 0 Å². The summed E-state index contributed by atoms with van der Waals surface area (Å²) in [5.41, 5.74) is 2.97. The Balaban J connectivity index is 1.59. The van der Waals surface area contributed by atoms with Crippen LogP contribution in [0.4, 0.5) is 5.13 Å². The number of hydrogen-bond acceptors (Lipinski definition) is 5. The average molecular weight is 366 g/mol. The summed E-state index contributed by atoms with van der Waals surface area (Å²) in [5, 5.41) is 0.439. The summed E-state index contributed by atoms with van der Waals surface area (Å²) >= 11 is 1.35. The topological polar surface area (TPSA) is 59.5 Å². The molecule has 2 heterocycles. The number of aryl methyl sites for hydroxylation is 1. The highest BCUT2D eigenvalue weighted by atomic mass is 32.1. The van der Waals surface area contributed by atoms with Gasteiger partial charge in [-0.1, -0.05) is 41.2 Å². The Hall–Kier alpha value is -2.73. The van der Waals surface area contributed by atoms with Gasteiger partial charge in [0, 0.05) is 12.5 Å². The van der Waals surface area contributed by atoms with E-state index >= 15 is 0 Å². The third kappa shape index (κ3) is 2.97. The monoisotopic (exact) mass is 366 g/mol. The molecule has 0 radical (unpaired) electrons. The molecule has 0 bridgehead atoms. The molecule has 2 aromatic carbocycles. The van der Waals surface area contributed by atoms with Gasteiger partial charge in [0.15, 0.2) is 5.13 Å². The number of thiazole rings is 1. The number of anilines is 1. The largest absolute Gasteiger partial charge is 0.497 e. The van der Waals surface area contributed by atoms with Gasteiger partial charge in [0.05, 0.1) is 23.2 Å². The lowest BCUT2D eigenvalue weighted by atomic mass is 9.97. The molecule has 1 atom stereocenters. The van der Waals surface area contributed by atoms with Gasteiger partial charge in [0.25, 0.3) is 0 Å². The molecule has 5 nitrogen and oxygen atoms in total. The number of amides is 2. The van der Waals surface area contributed by atoms with E-state index in [2.05, 4.69) is 4.98 Å². The molecule has 132 valence electrons. The van der Waals surface area contributed by atoms with Gasteiger partial charge in [-0.2, -0.15) is 0 Å². The van der Waals surface area contributed by atoms with Gasteiger partial charge in [-0.3, -0.25) is 9.59 Å². The molecule has 1 aliphatic heterocycles. The van der Waals surface area contributed by atoms with Crippen molar-refractivity contribution in [3.05, 3.63) is 53.6 Å². The first-order valence-electron chi connectivity index (χ1n) is 8.42. The fourth-order valence-corrected chi connectivity index (χ4v) is 4.15. The zero-order valence-electron chi connectivity index (χ0n) is 14.6. The maximum absolute atomic E-state index is 12.8. The SMILES string of the molecule is COc1ccc2sc(N3C(=O)CC(Cc4ccc(C)cc4)C3=O)nc2c1. The lowest BCUT2D eigenvalue weighted by molar-refractivity contribution is -0.122. The smallest absolute Gasteiger partial charge is 0.239 e. The Labute approximate surface area is 155 Å². The molecule has 26 heavy (non-hydrogen) atoms. The average Bonchev–Trinajstić information content (AvgIpc) is 3.16. The van der Waals surface area contributed by atoms with Gasteiger partial charge in [-0.15, -0.1) is 0 Å². The van der Waals surface area contributed by atoms with Crippen molar-refractivity contribution >= 4 is 38.5 Å². The summed E-state index contributed by atoms with van der Waals surface area (Å²) in [7, 11) is 1.59. The molecule has 0 aliphatic carbocycles. The number of benzene rings is 2. The van der Waals surface area contributed by atoms with Crippen LogP contribution in [-0.4, -0.2) is 23.9 Å². The molecular formula is C20H18N2O3S. The first-order valence-corrected chi connectivity index (χ1v) is 9.24. The van der Waals surface area contributed by atoms with Gasteiger partial charge < -0.3 is 4.74 Å². The summed E-state index contributed by atoms with van der Waals surface area (Å²) in [6.45, 7) is 2.03. The second-order valence-corrected chi connectivity index (χ2v) is 7.50. The number of aromatic nitrogens is 1.